The van der Waals surface area contributed by atoms with Crippen molar-refractivity contribution in [1.82, 2.24) is 14.8 Å². The molecule has 1 aliphatic heterocycles. The number of benzene rings is 1. The number of aromatic nitrogens is 3. The Kier molecular flexibility index (Phi) is 4.03. The highest BCUT2D eigenvalue weighted by Crippen LogP contribution is 2.33. The average Bonchev–Trinajstić information content (AvgIpc) is 3.20. The molecule has 1 amide bonds. The van der Waals surface area contributed by atoms with E-state index in [1.165, 1.54) is 23.4 Å². The molecule has 0 unspecified atom stereocenters. The Morgan fingerprint density at radius 3 is 2.83 bits per heavy atom. The summed E-state index contributed by atoms with van der Waals surface area (Å²) < 4.78 is 45.3. The second kappa shape index (κ2) is 5.99. The number of rotatable bonds is 3. The van der Waals surface area contributed by atoms with Crippen molar-refractivity contribution in [2.75, 3.05) is 11.9 Å². The molecular weight excluding hydrogens is 313 g/mol. The van der Waals surface area contributed by atoms with Crippen LogP contribution in [0.15, 0.2) is 30.9 Å². The van der Waals surface area contributed by atoms with Crippen molar-refractivity contribution >= 4 is 11.6 Å². The lowest BCUT2D eigenvalue weighted by Crippen LogP contribution is -2.27. The molecule has 2 heterocycles. The zero-order valence-electron chi connectivity index (χ0n) is 11.9. The number of halogens is 3. The summed E-state index contributed by atoms with van der Waals surface area (Å²) in [5.41, 5.74) is -0.559. The van der Waals surface area contributed by atoms with Crippen LogP contribution in [0, 0.1) is 0 Å². The van der Waals surface area contributed by atoms with Gasteiger partial charge in [-0.15, -0.1) is 0 Å². The van der Waals surface area contributed by atoms with Gasteiger partial charge in [-0.25, -0.2) is 9.67 Å². The van der Waals surface area contributed by atoms with Gasteiger partial charge >= 0.3 is 6.18 Å². The molecule has 6 nitrogen and oxygen atoms in total. The van der Waals surface area contributed by atoms with E-state index in [-0.39, 0.29) is 5.69 Å². The maximum absolute atomic E-state index is 12.9. The molecule has 2 aromatic rings. The van der Waals surface area contributed by atoms with Gasteiger partial charge in [0.05, 0.1) is 16.9 Å². The molecule has 0 bridgehead atoms. The molecule has 1 aromatic carbocycles. The van der Waals surface area contributed by atoms with E-state index < -0.39 is 23.8 Å². The highest BCUT2D eigenvalue weighted by atomic mass is 19.4. The fourth-order valence-corrected chi connectivity index (χ4v) is 2.34. The normalized spacial score (nSPS) is 18.1. The number of carbonyl (C=O) groups excluding carboxylic acids is 1. The van der Waals surface area contributed by atoms with E-state index in [1.54, 1.807) is 0 Å². The molecule has 1 aliphatic rings. The Hall–Kier alpha value is -2.42. The monoisotopic (exact) mass is 326 g/mol. The van der Waals surface area contributed by atoms with Crippen molar-refractivity contribution in [3.63, 3.8) is 0 Å². The lowest BCUT2D eigenvalue weighted by atomic mass is 10.1. The number of hydrogen-bond donors (Lipinski definition) is 1. The van der Waals surface area contributed by atoms with Crippen LogP contribution in [0.25, 0.3) is 5.69 Å². The molecule has 1 N–H and O–H groups in total. The Balaban J connectivity index is 1.95. The fraction of sp³-hybridized carbons (Fsp3) is 0.357. The Morgan fingerprint density at radius 1 is 1.39 bits per heavy atom. The first-order chi connectivity index (χ1) is 10.9. The van der Waals surface area contributed by atoms with Crippen LogP contribution in [0.2, 0.25) is 0 Å². The molecule has 122 valence electrons. The van der Waals surface area contributed by atoms with Gasteiger partial charge < -0.3 is 10.1 Å². The van der Waals surface area contributed by atoms with Crippen LogP contribution in [0.1, 0.15) is 18.4 Å². The van der Waals surface area contributed by atoms with Crippen LogP contribution in [-0.2, 0) is 15.7 Å². The van der Waals surface area contributed by atoms with Crippen LogP contribution >= 0.6 is 0 Å². The van der Waals surface area contributed by atoms with Crippen LogP contribution in [0.5, 0.6) is 0 Å². The minimum absolute atomic E-state index is 0.00539. The van der Waals surface area contributed by atoms with Gasteiger partial charge in [-0.2, -0.15) is 18.3 Å². The third-order valence-electron chi connectivity index (χ3n) is 3.47. The number of amides is 1. The zero-order chi connectivity index (χ0) is 16.4. The molecule has 0 spiro atoms. The summed E-state index contributed by atoms with van der Waals surface area (Å²) in [5, 5.41) is 6.39. The highest BCUT2D eigenvalue weighted by molar-refractivity contribution is 5.96. The maximum atomic E-state index is 12.9. The summed E-state index contributed by atoms with van der Waals surface area (Å²) >= 11 is 0. The highest BCUT2D eigenvalue weighted by Gasteiger charge is 2.32. The maximum Gasteiger partial charge on any atom is 0.416 e. The van der Waals surface area contributed by atoms with E-state index in [1.807, 2.05) is 0 Å². The SMILES string of the molecule is O=C(Nc1cc(C(F)(F)F)ccc1-n1cncn1)[C@H]1CCCO1. The van der Waals surface area contributed by atoms with Gasteiger partial charge in [0.1, 0.15) is 18.8 Å². The van der Waals surface area contributed by atoms with Gasteiger partial charge in [0.25, 0.3) is 5.91 Å². The summed E-state index contributed by atoms with van der Waals surface area (Å²) in [6.07, 6.45) is -1.27. The third kappa shape index (κ3) is 3.34. The Morgan fingerprint density at radius 2 is 2.22 bits per heavy atom. The molecule has 3 rings (SSSR count). The zero-order valence-corrected chi connectivity index (χ0v) is 11.9. The first-order valence-electron chi connectivity index (χ1n) is 6.94. The Labute approximate surface area is 129 Å². The molecule has 9 heteroatoms. The molecule has 1 aromatic heterocycles. The van der Waals surface area contributed by atoms with Crippen LogP contribution in [-0.4, -0.2) is 33.4 Å². The summed E-state index contributed by atoms with van der Waals surface area (Å²) in [6.45, 7) is 0.469. The smallest absolute Gasteiger partial charge is 0.368 e. The third-order valence-corrected chi connectivity index (χ3v) is 3.47. The number of nitrogens with zero attached hydrogens (tertiary/aromatic N) is 3. The van der Waals surface area contributed by atoms with Crippen molar-refractivity contribution in [3.8, 4) is 5.69 Å². The predicted octanol–water partition coefficient (Wildman–Crippen LogP) is 2.40. The topological polar surface area (TPSA) is 69.0 Å². The first kappa shape index (κ1) is 15.5. The first-order valence-corrected chi connectivity index (χ1v) is 6.94. The van der Waals surface area contributed by atoms with Gasteiger partial charge in [0, 0.05) is 6.61 Å². The number of ether oxygens (including phenoxy) is 1. The van der Waals surface area contributed by atoms with E-state index in [4.69, 9.17) is 4.74 Å². The lowest BCUT2D eigenvalue weighted by molar-refractivity contribution is -0.137. The van der Waals surface area contributed by atoms with Gasteiger partial charge in [-0.1, -0.05) is 0 Å². The van der Waals surface area contributed by atoms with Crippen molar-refractivity contribution in [2.24, 2.45) is 0 Å². The van der Waals surface area contributed by atoms with Crippen molar-refractivity contribution in [3.05, 3.63) is 36.4 Å². The molecule has 1 saturated heterocycles. The van der Waals surface area contributed by atoms with E-state index in [0.717, 1.165) is 18.6 Å². The minimum Gasteiger partial charge on any atom is -0.368 e. The molecule has 0 aliphatic carbocycles. The predicted molar refractivity (Wildman–Crippen MR) is 74.0 cm³/mol. The van der Waals surface area contributed by atoms with E-state index >= 15 is 0 Å². The summed E-state index contributed by atoms with van der Waals surface area (Å²) in [7, 11) is 0. The van der Waals surface area contributed by atoms with Crippen molar-refractivity contribution in [2.45, 2.75) is 25.1 Å². The largest absolute Gasteiger partial charge is 0.416 e. The summed E-state index contributed by atoms with van der Waals surface area (Å²) in [6, 6.07) is 3.05. The van der Waals surface area contributed by atoms with E-state index in [9.17, 15) is 18.0 Å². The quantitative estimate of drug-likeness (QED) is 0.940. The number of nitrogens with one attached hydrogen (secondary N) is 1. The van der Waals surface area contributed by atoms with Gasteiger partial charge in [0.15, 0.2) is 0 Å². The van der Waals surface area contributed by atoms with Crippen LogP contribution < -0.4 is 5.32 Å². The van der Waals surface area contributed by atoms with Crippen molar-refractivity contribution < 1.29 is 22.7 Å². The fourth-order valence-electron chi connectivity index (χ4n) is 2.34. The second-order valence-corrected chi connectivity index (χ2v) is 5.06. The number of carbonyl (C=O) groups is 1. The van der Waals surface area contributed by atoms with E-state index in [0.29, 0.717) is 18.7 Å². The van der Waals surface area contributed by atoms with Gasteiger partial charge in [0.2, 0.25) is 0 Å². The molecule has 23 heavy (non-hydrogen) atoms. The summed E-state index contributed by atoms with van der Waals surface area (Å²) in [5.74, 6) is -0.469. The number of hydrogen-bond acceptors (Lipinski definition) is 4. The van der Waals surface area contributed by atoms with Gasteiger partial charge in [-0.05, 0) is 31.0 Å². The second-order valence-electron chi connectivity index (χ2n) is 5.06. The minimum atomic E-state index is -4.51. The summed E-state index contributed by atoms with van der Waals surface area (Å²) in [4.78, 5) is 15.9. The molecule has 1 atom stereocenters. The van der Waals surface area contributed by atoms with Crippen LogP contribution in [0.4, 0.5) is 18.9 Å². The molecular formula is C14H13F3N4O2. The molecule has 1 fully saturated rings. The van der Waals surface area contributed by atoms with Gasteiger partial charge in [-0.3, -0.25) is 4.79 Å². The average molecular weight is 326 g/mol. The standard InChI is InChI=1S/C14H13F3N4O2/c15-14(16,17)9-3-4-11(21-8-18-7-19-21)10(6-9)20-13(22)12-2-1-5-23-12/h3-4,6-8,12H,1-2,5H2,(H,20,22)/t12-/m1/s1. The Bertz CT molecular complexity index is 695. The lowest BCUT2D eigenvalue weighted by Gasteiger charge is -2.16. The van der Waals surface area contributed by atoms with E-state index in [2.05, 4.69) is 15.4 Å². The number of alkyl halides is 3. The van der Waals surface area contributed by atoms with Crippen LogP contribution in [0.3, 0.4) is 0 Å². The number of anilines is 1. The molecule has 0 saturated carbocycles. The van der Waals surface area contributed by atoms with Crippen molar-refractivity contribution in [1.29, 1.82) is 0 Å². The molecule has 0 radical (unpaired) electrons.